The van der Waals surface area contributed by atoms with Crippen molar-refractivity contribution >= 4 is 39.1 Å². The predicted molar refractivity (Wildman–Crippen MR) is 147 cm³/mol. The fourth-order valence-electron chi connectivity index (χ4n) is 4.23. The summed E-state index contributed by atoms with van der Waals surface area (Å²) < 4.78 is 40.2. The van der Waals surface area contributed by atoms with Crippen molar-refractivity contribution in [1.29, 1.82) is 0 Å². The quantitative estimate of drug-likeness (QED) is 0.378. The number of sulfonamides is 1. The number of ether oxygens (including phenoxy) is 2. The van der Waals surface area contributed by atoms with Gasteiger partial charge in [0.1, 0.15) is 16.4 Å². The van der Waals surface area contributed by atoms with Crippen molar-refractivity contribution < 1.29 is 22.7 Å². The molecule has 2 N–H and O–H groups in total. The van der Waals surface area contributed by atoms with Gasteiger partial charge >= 0.3 is 0 Å². The van der Waals surface area contributed by atoms with Gasteiger partial charge in [-0.2, -0.15) is 0 Å². The molecule has 0 radical (unpaired) electrons. The summed E-state index contributed by atoms with van der Waals surface area (Å²) in [5.74, 6) is 0.890. The predicted octanol–water partition coefficient (Wildman–Crippen LogP) is 5.15. The Balaban J connectivity index is 1.60. The van der Waals surface area contributed by atoms with Crippen LogP contribution in [0.4, 0.5) is 17.1 Å². The van der Waals surface area contributed by atoms with E-state index in [4.69, 9.17) is 9.47 Å². The maximum absolute atomic E-state index is 13.5. The number of nitrogens with zero attached hydrogens (tertiary/aromatic N) is 1. The van der Waals surface area contributed by atoms with Gasteiger partial charge in [0.05, 0.1) is 19.9 Å². The van der Waals surface area contributed by atoms with Crippen LogP contribution in [0.2, 0.25) is 0 Å². The second kappa shape index (κ2) is 11.8. The van der Waals surface area contributed by atoms with Crippen molar-refractivity contribution in [1.82, 2.24) is 0 Å². The van der Waals surface area contributed by atoms with Gasteiger partial charge in [-0.3, -0.25) is 9.52 Å². The molecule has 3 aromatic carbocycles. The van der Waals surface area contributed by atoms with Crippen LogP contribution in [-0.4, -0.2) is 41.6 Å². The SMILES string of the molecule is COc1ccc(NS(=O)(=O)c2cc(NC(=O)/C=C/c3ccccc3OC)ccc2N2CCCCC2)cc1. The third-order valence-corrected chi connectivity index (χ3v) is 7.52. The van der Waals surface area contributed by atoms with E-state index in [2.05, 4.69) is 14.9 Å². The molecule has 0 bridgehead atoms. The number of hydrogen-bond acceptors (Lipinski definition) is 6. The molecule has 37 heavy (non-hydrogen) atoms. The lowest BCUT2D eigenvalue weighted by Gasteiger charge is -2.30. The van der Waals surface area contributed by atoms with Crippen LogP contribution in [0.3, 0.4) is 0 Å². The standard InChI is InChI=1S/C28H31N3O5S/c1-35-24-14-11-22(12-15-24)30-37(33,34)27-20-23(13-16-25(27)31-18-6-3-7-19-31)29-28(32)17-10-21-8-4-5-9-26(21)36-2/h4-5,8-17,20,30H,3,6-7,18-19H2,1-2H3,(H,29,32)/b17-10+. The number of amides is 1. The zero-order chi connectivity index (χ0) is 26.3. The van der Waals surface area contributed by atoms with Gasteiger partial charge in [0, 0.05) is 36.1 Å². The van der Waals surface area contributed by atoms with Crippen molar-refractivity contribution in [3.63, 3.8) is 0 Å². The van der Waals surface area contributed by atoms with Crippen molar-refractivity contribution in [2.24, 2.45) is 0 Å². The monoisotopic (exact) mass is 521 g/mol. The molecule has 1 heterocycles. The van der Waals surface area contributed by atoms with Crippen LogP contribution in [0.25, 0.3) is 6.08 Å². The Bertz CT molecular complexity index is 1360. The highest BCUT2D eigenvalue weighted by Crippen LogP contribution is 2.32. The number of benzene rings is 3. The number of carbonyl (C=O) groups excluding carboxylic acids is 1. The number of rotatable bonds is 9. The first kappa shape index (κ1) is 26.1. The molecule has 8 nitrogen and oxygen atoms in total. The van der Waals surface area contributed by atoms with Crippen LogP contribution >= 0.6 is 0 Å². The molecule has 4 rings (SSSR count). The van der Waals surface area contributed by atoms with Crippen LogP contribution in [0, 0.1) is 0 Å². The highest BCUT2D eigenvalue weighted by atomic mass is 32.2. The summed E-state index contributed by atoms with van der Waals surface area (Å²) in [4.78, 5) is 14.8. The van der Waals surface area contributed by atoms with E-state index in [1.807, 2.05) is 24.3 Å². The number of anilines is 3. The highest BCUT2D eigenvalue weighted by molar-refractivity contribution is 7.92. The second-order valence-corrected chi connectivity index (χ2v) is 10.3. The Morgan fingerprint density at radius 1 is 0.892 bits per heavy atom. The zero-order valence-electron chi connectivity index (χ0n) is 20.9. The fraction of sp³-hybridized carbons (Fsp3) is 0.250. The van der Waals surface area contributed by atoms with Crippen molar-refractivity contribution in [2.75, 3.05) is 42.2 Å². The lowest BCUT2D eigenvalue weighted by Crippen LogP contribution is -2.31. The molecule has 1 fully saturated rings. The lowest BCUT2D eigenvalue weighted by atomic mass is 10.1. The molecule has 0 atom stereocenters. The third kappa shape index (κ3) is 6.62. The Labute approximate surface area is 218 Å². The molecule has 0 saturated carbocycles. The minimum absolute atomic E-state index is 0.108. The minimum atomic E-state index is -3.95. The molecule has 1 saturated heterocycles. The van der Waals surface area contributed by atoms with Crippen LogP contribution in [0.1, 0.15) is 24.8 Å². The van der Waals surface area contributed by atoms with Gasteiger partial charge in [-0.05, 0) is 73.9 Å². The summed E-state index contributed by atoms with van der Waals surface area (Å²) in [6.07, 6.45) is 6.16. The van der Waals surface area contributed by atoms with Crippen molar-refractivity contribution in [3.05, 3.63) is 78.4 Å². The van der Waals surface area contributed by atoms with Crippen molar-refractivity contribution in [2.45, 2.75) is 24.2 Å². The van der Waals surface area contributed by atoms with Gasteiger partial charge in [0.15, 0.2) is 0 Å². The van der Waals surface area contributed by atoms with Crippen LogP contribution in [0.5, 0.6) is 11.5 Å². The molecule has 1 amide bonds. The van der Waals surface area contributed by atoms with Crippen LogP contribution < -0.4 is 24.4 Å². The molecular weight excluding hydrogens is 490 g/mol. The minimum Gasteiger partial charge on any atom is -0.497 e. The van der Waals surface area contributed by atoms with Crippen molar-refractivity contribution in [3.8, 4) is 11.5 Å². The van der Waals surface area contributed by atoms with Gasteiger partial charge in [-0.1, -0.05) is 18.2 Å². The molecule has 1 aliphatic heterocycles. The highest BCUT2D eigenvalue weighted by Gasteiger charge is 2.24. The number of piperidine rings is 1. The van der Waals surface area contributed by atoms with E-state index in [0.29, 0.717) is 28.6 Å². The van der Waals surface area contributed by atoms with Gasteiger partial charge in [0.25, 0.3) is 10.0 Å². The fourth-order valence-corrected chi connectivity index (χ4v) is 5.54. The van der Waals surface area contributed by atoms with Gasteiger partial charge in [-0.25, -0.2) is 8.42 Å². The molecule has 3 aromatic rings. The topological polar surface area (TPSA) is 97.0 Å². The number of para-hydroxylation sites is 1. The van der Waals surface area contributed by atoms with E-state index in [-0.39, 0.29) is 10.8 Å². The summed E-state index contributed by atoms with van der Waals surface area (Å²) in [6, 6.07) is 19.0. The molecule has 0 aliphatic carbocycles. The smallest absolute Gasteiger partial charge is 0.264 e. The molecule has 9 heteroatoms. The van der Waals surface area contributed by atoms with E-state index >= 15 is 0 Å². The summed E-state index contributed by atoms with van der Waals surface area (Å²) in [5.41, 5.74) is 2.17. The summed E-state index contributed by atoms with van der Waals surface area (Å²) in [6.45, 7) is 1.55. The van der Waals surface area contributed by atoms with Crippen LogP contribution in [-0.2, 0) is 14.8 Å². The summed E-state index contributed by atoms with van der Waals surface area (Å²) in [5, 5.41) is 2.78. The van der Waals surface area contributed by atoms with Crippen LogP contribution in [0.15, 0.2) is 77.7 Å². The summed E-state index contributed by atoms with van der Waals surface area (Å²) in [7, 11) is -0.835. The Kier molecular flexibility index (Phi) is 8.35. The molecule has 0 aromatic heterocycles. The van der Waals surface area contributed by atoms with E-state index in [1.54, 1.807) is 56.7 Å². The number of hydrogen-bond donors (Lipinski definition) is 2. The van der Waals surface area contributed by atoms with Gasteiger partial charge < -0.3 is 19.7 Å². The first-order valence-electron chi connectivity index (χ1n) is 12.1. The van der Waals surface area contributed by atoms with E-state index in [0.717, 1.165) is 37.9 Å². The maximum atomic E-state index is 13.5. The number of methoxy groups -OCH3 is 2. The lowest BCUT2D eigenvalue weighted by molar-refractivity contribution is -0.111. The first-order valence-corrected chi connectivity index (χ1v) is 13.6. The Morgan fingerprint density at radius 2 is 1.59 bits per heavy atom. The van der Waals surface area contributed by atoms with Gasteiger partial charge in [-0.15, -0.1) is 0 Å². The Hall–Kier alpha value is -3.98. The average molecular weight is 522 g/mol. The van der Waals surface area contributed by atoms with E-state index in [9.17, 15) is 13.2 Å². The van der Waals surface area contributed by atoms with Gasteiger partial charge in [0.2, 0.25) is 5.91 Å². The number of carbonyl (C=O) groups is 1. The first-order chi connectivity index (χ1) is 17.9. The summed E-state index contributed by atoms with van der Waals surface area (Å²) >= 11 is 0. The number of nitrogens with one attached hydrogen (secondary N) is 2. The molecule has 1 aliphatic rings. The molecular formula is C28H31N3O5S. The largest absolute Gasteiger partial charge is 0.497 e. The molecule has 0 unspecified atom stereocenters. The molecule has 194 valence electrons. The molecule has 0 spiro atoms. The maximum Gasteiger partial charge on any atom is 0.264 e. The average Bonchev–Trinajstić information content (AvgIpc) is 2.92. The zero-order valence-corrected chi connectivity index (χ0v) is 21.8. The van der Waals surface area contributed by atoms with E-state index < -0.39 is 10.0 Å². The Morgan fingerprint density at radius 3 is 2.30 bits per heavy atom. The van der Waals surface area contributed by atoms with E-state index in [1.165, 1.54) is 12.1 Å². The third-order valence-electron chi connectivity index (χ3n) is 6.11. The second-order valence-electron chi connectivity index (χ2n) is 8.63. The normalized spacial score (nSPS) is 13.8.